The summed E-state index contributed by atoms with van der Waals surface area (Å²) in [5, 5.41) is 20.9. The Hall–Kier alpha value is -1.20. The Balaban J connectivity index is 5.24. The van der Waals surface area contributed by atoms with E-state index in [1.54, 1.807) is 41.1 Å². The lowest BCUT2D eigenvalue weighted by molar-refractivity contribution is -0.875. The van der Waals surface area contributed by atoms with Crippen LogP contribution in [0.3, 0.4) is 0 Å². The van der Waals surface area contributed by atoms with Gasteiger partial charge in [0.1, 0.15) is 6.54 Å². The first-order valence-corrected chi connectivity index (χ1v) is 5.42. The highest BCUT2D eigenvalue weighted by Gasteiger charge is 2.41. The maximum absolute atomic E-state index is 12.0. The van der Waals surface area contributed by atoms with E-state index in [-0.39, 0.29) is 11.0 Å². The molecule has 5 nitrogen and oxygen atoms in total. The summed E-state index contributed by atoms with van der Waals surface area (Å²) in [6.45, 7) is 3.24. The van der Waals surface area contributed by atoms with Crippen LogP contribution in [0.1, 0.15) is 20.3 Å². The highest BCUT2D eigenvalue weighted by molar-refractivity contribution is 6.02. The molecule has 0 aliphatic carbocycles. The quantitative estimate of drug-likeness (QED) is 0.484. The number of carboxylic acids is 1. The van der Waals surface area contributed by atoms with Crippen LogP contribution in [0.15, 0.2) is 11.6 Å². The number of rotatable bonds is 6. The fourth-order valence-electron chi connectivity index (χ4n) is 1.73. The van der Waals surface area contributed by atoms with Crippen molar-refractivity contribution in [1.82, 2.24) is 0 Å². The van der Waals surface area contributed by atoms with Gasteiger partial charge in [-0.1, -0.05) is 6.08 Å². The fourth-order valence-corrected chi connectivity index (χ4v) is 1.73. The molecule has 0 aromatic carbocycles. The van der Waals surface area contributed by atoms with Crippen molar-refractivity contribution in [2.45, 2.75) is 25.9 Å². The zero-order valence-electron chi connectivity index (χ0n) is 11.1. The van der Waals surface area contributed by atoms with Gasteiger partial charge in [0, 0.05) is 12.4 Å². The normalized spacial score (nSPS) is 16.5. The Morgan fingerprint density at radius 3 is 2.12 bits per heavy atom. The first-order chi connectivity index (χ1) is 7.52. The van der Waals surface area contributed by atoms with Crippen molar-refractivity contribution in [2.75, 3.05) is 27.7 Å². The number of aliphatic carboxylic acids is 1. The highest BCUT2D eigenvalue weighted by Crippen LogP contribution is 2.19. The van der Waals surface area contributed by atoms with Gasteiger partial charge >= 0.3 is 0 Å². The summed E-state index contributed by atoms with van der Waals surface area (Å²) >= 11 is 0. The molecule has 0 unspecified atom stereocenters. The summed E-state index contributed by atoms with van der Waals surface area (Å²) in [6, 6.07) is 0. The minimum Gasteiger partial charge on any atom is -0.550 e. The predicted molar refractivity (Wildman–Crippen MR) is 61.9 cm³/mol. The number of allylic oxidation sites excluding steroid dienone is 1. The van der Waals surface area contributed by atoms with Crippen LogP contribution in [-0.2, 0) is 9.59 Å². The number of Topliss-reactive ketones (excluding diaryl/α,β-unsaturated/α-hetero) is 1. The van der Waals surface area contributed by atoms with E-state index in [0.717, 1.165) is 0 Å². The molecule has 1 atom stereocenters. The van der Waals surface area contributed by atoms with Gasteiger partial charge in [-0.2, -0.15) is 0 Å². The van der Waals surface area contributed by atoms with Gasteiger partial charge in [0.25, 0.3) is 0 Å². The van der Waals surface area contributed by atoms with Crippen LogP contribution in [-0.4, -0.2) is 54.6 Å². The highest BCUT2D eigenvalue weighted by atomic mass is 16.4. The summed E-state index contributed by atoms with van der Waals surface area (Å²) in [5.74, 6) is -1.99. The molecule has 0 rings (SSSR count). The number of quaternary nitrogens is 1. The van der Waals surface area contributed by atoms with Crippen LogP contribution in [0.5, 0.6) is 0 Å². The van der Waals surface area contributed by atoms with Crippen molar-refractivity contribution in [3.05, 3.63) is 11.6 Å². The zero-order chi connectivity index (χ0) is 13.9. The van der Waals surface area contributed by atoms with Crippen molar-refractivity contribution < 1.29 is 24.3 Å². The Morgan fingerprint density at radius 1 is 1.35 bits per heavy atom. The van der Waals surface area contributed by atoms with Gasteiger partial charge in [-0.15, -0.1) is 0 Å². The van der Waals surface area contributed by atoms with Crippen LogP contribution in [0.2, 0.25) is 0 Å². The van der Waals surface area contributed by atoms with E-state index in [9.17, 15) is 19.8 Å². The van der Waals surface area contributed by atoms with E-state index in [0.29, 0.717) is 5.57 Å². The molecular formula is C12H21NO4. The second kappa shape index (κ2) is 5.42. The largest absolute Gasteiger partial charge is 0.550 e. The maximum Gasteiger partial charge on any atom is 0.195 e. The van der Waals surface area contributed by atoms with Crippen molar-refractivity contribution in [2.24, 2.45) is 0 Å². The van der Waals surface area contributed by atoms with Crippen LogP contribution in [0.25, 0.3) is 0 Å². The van der Waals surface area contributed by atoms with Crippen molar-refractivity contribution in [3.63, 3.8) is 0 Å². The van der Waals surface area contributed by atoms with Crippen molar-refractivity contribution in [1.29, 1.82) is 0 Å². The number of likely N-dealkylation sites (N-methyl/N-ethyl adjacent to an activating group) is 1. The SMILES string of the molecule is C/C=C(\C)C(=O)[C@@](O)(CC(=O)[O-])C[N+](C)(C)C. The lowest BCUT2D eigenvalue weighted by Gasteiger charge is -2.35. The van der Waals surface area contributed by atoms with Crippen LogP contribution < -0.4 is 5.11 Å². The molecular weight excluding hydrogens is 222 g/mol. The summed E-state index contributed by atoms with van der Waals surface area (Å²) in [4.78, 5) is 22.7. The average Bonchev–Trinajstić information content (AvgIpc) is 2.10. The summed E-state index contributed by atoms with van der Waals surface area (Å²) in [7, 11) is 5.33. The molecule has 0 radical (unpaired) electrons. The number of aliphatic hydroxyl groups is 1. The first kappa shape index (κ1) is 15.8. The number of hydrogen-bond donors (Lipinski definition) is 1. The molecule has 0 aliphatic rings. The second-order valence-electron chi connectivity index (χ2n) is 5.33. The Kier molecular flexibility index (Phi) is 5.04. The topological polar surface area (TPSA) is 77.4 Å². The molecule has 0 aromatic heterocycles. The molecule has 0 saturated carbocycles. The molecule has 0 bridgehead atoms. The molecule has 0 spiro atoms. The minimum absolute atomic E-state index is 0.0188. The van der Waals surface area contributed by atoms with Crippen LogP contribution in [0, 0.1) is 0 Å². The van der Waals surface area contributed by atoms with Gasteiger partial charge in [0.05, 0.1) is 21.1 Å². The Bertz CT molecular complexity index is 341. The monoisotopic (exact) mass is 243 g/mol. The Morgan fingerprint density at radius 2 is 1.82 bits per heavy atom. The lowest BCUT2D eigenvalue weighted by Crippen LogP contribution is -2.56. The minimum atomic E-state index is -1.91. The van der Waals surface area contributed by atoms with E-state index in [1.807, 2.05) is 0 Å². The number of carbonyl (C=O) groups excluding carboxylic acids is 2. The summed E-state index contributed by atoms with van der Waals surface area (Å²) in [6.07, 6.45) is 0.866. The molecule has 5 heteroatoms. The van der Waals surface area contributed by atoms with Crippen molar-refractivity contribution >= 4 is 11.8 Å². The number of carbonyl (C=O) groups is 2. The van der Waals surface area contributed by atoms with Crippen LogP contribution >= 0.6 is 0 Å². The van der Waals surface area contributed by atoms with Gasteiger partial charge in [-0.25, -0.2) is 0 Å². The molecule has 17 heavy (non-hydrogen) atoms. The molecule has 0 heterocycles. The zero-order valence-corrected chi connectivity index (χ0v) is 11.1. The van der Waals surface area contributed by atoms with Gasteiger partial charge < -0.3 is 19.5 Å². The number of carboxylic acid groups (broad SMARTS) is 1. The molecule has 0 aromatic rings. The fraction of sp³-hybridized carbons (Fsp3) is 0.667. The van der Waals surface area contributed by atoms with Crippen molar-refractivity contribution in [3.8, 4) is 0 Å². The molecule has 0 aliphatic heterocycles. The van der Waals surface area contributed by atoms with E-state index < -0.39 is 23.8 Å². The van der Waals surface area contributed by atoms with E-state index in [1.165, 1.54) is 0 Å². The van der Waals surface area contributed by atoms with Gasteiger partial charge in [0.15, 0.2) is 11.4 Å². The average molecular weight is 243 g/mol. The number of nitrogens with zero attached hydrogens (tertiary/aromatic N) is 1. The first-order valence-electron chi connectivity index (χ1n) is 5.42. The third-order valence-corrected chi connectivity index (χ3v) is 2.39. The second-order valence-corrected chi connectivity index (χ2v) is 5.33. The third kappa shape index (κ3) is 5.10. The third-order valence-electron chi connectivity index (χ3n) is 2.39. The van der Waals surface area contributed by atoms with Crippen LogP contribution in [0.4, 0.5) is 0 Å². The molecule has 0 saturated heterocycles. The Labute approximate surface area is 102 Å². The number of ketones is 1. The number of hydrogen-bond acceptors (Lipinski definition) is 4. The van der Waals surface area contributed by atoms with E-state index >= 15 is 0 Å². The maximum atomic E-state index is 12.0. The summed E-state index contributed by atoms with van der Waals surface area (Å²) < 4.78 is 0.284. The standard InChI is InChI=1S/C12H21NO4/c1-6-9(2)11(16)12(17,7-10(14)15)8-13(3,4)5/h6,17H,7-8H2,1-5H3/b9-6+/t12-/m1/s1. The molecule has 0 amide bonds. The van der Waals surface area contributed by atoms with Gasteiger partial charge in [0.2, 0.25) is 0 Å². The van der Waals surface area contributed by atoms with E-state index in [4.69, 9.17) is 0 Å². The molecule has 0 fully saturated rings. The predicted octanol–water partition coefficient (Wildman–Crippen LogP) is -0.901. The van der Waals surface area contributed by atoms with Gasteiger partial charge in [-0.3, -0.25) is 4.79 Å². The summed E-state index contributed by atoms with van der Waals surface area (Å²) in [5.41, 5.74) is -1.56. The molecule has 98 valence electrons. The van der Waals surface area contributed by atoms with Gasteiger partial charge in [-0.05, 0) is 19.4 Å². The lowest BCUT2D eigenvalue weighted by atomic mass is 9.89. The van der Waals surface area contributed by atoms with E-state index in [2.05, 4.69) is 0 Å². The molecule has 1 N–H and O–H groups in total. The smallest absolute Gasteiger partial charge is 0.195 e.